The van der Waals surface area contributed by atoms with Crippen molar-refractivity contribution in [1.29, 1.82) is 0 Å². The van der Waals surface area contributed by atoms with Gasteiger partial charge in [-0.1, -0.05) is 5.92 Å². The van der Waals surface area contributed by atoms with Crippen LogP contribution in [0.5, 0.6) is 0 Å². The molecule has 78 valence electrons. The van der Waals surface area contributed by atoms with Crippen LogP contribution >= 0.6 is 0 Å². The van der Waals surface area contributed by atoms with E-state index in [4.69, 9.17) is 6.42 Å². The predicted octanol–water partition coefficient (Wildman–Crippen LogP) is 1.12. The quantitative estimate of drug-likeness (QED) is 0.439. The molecule has 0 aliphatic carbocycles. The van der Waals surface area contributed by atoms with Gasteiger partial charge < -0.3 is 10.3 Å². The lowest BCUT2D eigenvalue weighted by Crippen LogP contribution is -2.13. The minimum absolute atomic E-state index is 0.243. The summed E-state index contributed by atoms with van der Waals surface area (Å²) in [6.07, 6.45) is 6.78. The summed E-state index contributed by atoms with van der Waals surface area (Å²) in [6, 6.07) is 1.63. The lowest BCUT2D eigenvalue weighted by Gasteiger charge is -2.04. The molecule has 0 aliphatic heterocycles. The maximum atomic E-state index is 11.3. The molecule has 1 aromatic heterocycles. The van der Waals surface area contributed by atoms with Gasteiger partial charge in [-0.2, -0.15) is 0 Å². The minimum Gasteiger partial charge on any atom is -0.345 e. The van der Waals surface area contributed by atoms with Gasteiger partial charge in [-0.25, -0.2) is 0 Å². The average molecular weight is 203 g/mol. The van der Waals surface area contributed by atoms with Crippen LogP contribution in [0.2, 0.25) is 0 Å². The number of anilines is 1. The van der Waals surface area contributed by atoms with Crippen molar-refractivity contribution in [1.82, 2.24) is 4.98 Å². The van der Waals surface area contributed by atoms with Crippen LogP contribution in [0.3, 0.4) is 0 Å². The highest BCUT2D eigenvalue weighted by atomic mass is 16.1. The fourth-order valence-electron chi connectivity index (χ4n) is 1.09. The zero-order valence-corrected chi connectivity index (χ0v) is 8.79. The van der Waals surface area contributed by atoms with Gasteiger partial charge in [0.05, 0.1) is 17.6 Å². The van der Waals surface area contributed by atoms with E-state index in [1.807, 2.05) is 6.92 Å². The smallest absolute Gasteiger partial charge is 0.264 e. The van der Waals surface area contributed by atoms with Crippen LogP contribution in [0.15, 0.2) is 15.9 Å². The van der Waals surface area contributed by atoms with Gasteiger partial charge in [0.15, 0.2) is 0 Å². The number of aliphatic imine (C=N–C) groups is 1. The van der Waals surface area contributed by atoms with Crippen molar-refractivity contribution >= 4 is 12.0 Å². The highest BCUT2D eigenvalue weighted by Gasteiger charge is 2.01. The van der Waals surface area contributed by atoms with Crippen LogP contribution in [-0.4, -0.2) is 17.9 Å². The number of aromatic amines is 1. The van der Waals surface area contributed by atoms with Crippen molar-refractivity contribution in [2.45, 2.75) is 13.8 Å². The summed E-state index contributed by atoms with van der Waals surface area (Å²) in [5.41, 5.74) is 1.57. The Morgan fingerprint density at radius 1 is 1.73 bits per heavy atom. The lowest BCUT2D eigenvalue weighted by atomic mass is 10.2. The second-order valence-corrected chi connectivity index (χ2v) is 2.97. The predicted molar refractivity (Wildman–Crippen MR) is 62.4 cm³/mol. The Kier molecular flexibility index (Phi) is 3.69. The van der Waals surface area contributed by atoms with Gasteiger partial charge in [0.25, 0.3) is 5.56 Å². The average Bonchev–Trinajstić information content (AvgIpc) is 2.21. The number of hydrogen-bond donors (Lipinski definition) is 2. The third-order valence-corrected chi connectivity index (χ3v) is 1.89. The first-order chi connectivity index (χ1) is 7.19. The topological polar surface area (TPSA) is 57.2 Å². The first kappa shape index (κ1) is 11.1. The second-order valence-electron chi connectivity index (χ2n) is 2.97. The van der Waals surface area contributed by atoms with E-state index in [2.05, 4.69) is 21.2 Å². The Labute approximate surface area is 88.4 Å². The van der Waals surface area contributed by atoms with Crippen LogP contribution in [0, 0.1) is 19.3 Å². The molecule has 1 heterocycles. The summed E-state index contributed by atoms with van der Waals surface area (Å²) < 4.78 is 0. The number of H-pyrrole nitrogens is 1. The van der Waals surface area contributed by atoms with Gasteiger partial charge in [0, 0.05) is 12.2 Å². The fraction of sp³-hybridized carbons (Fsp3) is 0.273. The van der Waals surface area contributed by atoms with E-state index in [-0.39, 0.29) is 5.56 Å². The molecule has 0 saturated carbocycles. The number of rotatable bonds is 3. The molecule has 1 aromatic rings. The van der Waals surface area contributed by atoms with Gasteiger partial charge >= 0.3 is 0 Å². The molecule has 0 spiro atoms. The number of aromatic nitrogens is 1. The van der Waals surface area contributed by atoms with E-state index >= 15 is 0 Å². The van der Waals surface area contributed by atoms with Crippen molar-refractivity contribution in [2.75, 3.05) is 11.9 Å². The monoisotopic (exact) mass is 203 g/mol. The van der Waals surface area contributed by atoms with Crippen molar-refractivity contribution in [3.63, 3.8) is 0 Å². The van der Waals surface area contributed by atoms with Crippen molar-refractivity contribution in [3.05, 3.63) is 27.7 Å². The zero-order valence-electron chi connectivity index (χ0n) is 8.79. The van der Waals surface area contributed by atoms with E-state index < -0.39 is 0 Å². The zero-order chi connectivity index (χ0) is 11.3. The van der Waals surface area contributed by atoms with Crippen molar-refractivity contribution in [3.8, 4) is 12.3 Å². The third kappa shape index (κ3) is 2.71. The SMILES string of the molecule is C#Cc1cc(NC=NCC)c(C)[nH]c1=O. The molecule has 0 aliphatic rings. The summed E-state index contributed by atoms with van der Waals surface area (Å²) in [4.78, 5) is 18.0. The van der Waals surface area contributed by atoms with Gasteiger partial charge in [0.2, 0.25) is 0 Å². The van der Waals surface area contributed by atoms with Crippen LogP contribution in [0.25, 0.3) is 0 Å². The molecule has 0 bridgehead atoms. The third-order valence-electron chi connectivity index (χ3n) is 1.89. The Balaban J connectivity index is 3.04. The fourth-order valence-corrected chi connectivity index (χ4v) is 1.09. The normalized spacial score (nSPS) is 10.2. The number of aryl methyl sites for hydroxylation is 1. The summed E-state index contributed by atoms with van der Waals surface area (Å²) in [5.74, 6) is 2.33. The molecule has 0 atom stereocenters. The molecule has 2 N–H and O–H groups in total. The second kappa shape index (κ2) is 5.01. The molecular formula is C11H13N3O. The minimum atomic E-state index is -0.243. The number of nitrogens with zero attached hydrogens (tertiary/aromatic N) is 1. The summed E-state index contributed by atoms with van der Waals surface area (Å²) >= 11 is 0. The highest BCUT2D eigenvalue weighted by Crippen LogP contribution is 2.09. The number of terminal acetylenes is 1. The molecule has 0 saturated heterocycles. The molecule has 0 aromatic carbocycles. The molecule has 0 amide bonds. The molecule has 0 radical (unpaired) electrons. The highest BCUT2D eigenvalue weighted by molar-refractivity contribution is 5.77. The summed E-state index contributed by atoms with van der Waals surface area (Å²) in [5, 5.41) is 2.96. The van der Waals surface area contributed by atoms with Gasteiger partial charge in [0.1, 0.15) is 0 Å². The molecular weight excluding hydrogens is 190 g/mol. The van der Waals surface area contributed by atoms with Gasteiger partial charge in [-0.3, -0.25) is 9.79 Å². The maximum Gasteiger partial charge on any atom is 0.264 e. The van der Waals surface area contributed by atoms with E-state index in [1.165, 1.54) is 0 Å². The van der Waals surface area contributed by atoms with Crippen LogP contribution < -0.4 is 10.9 Å². The van der Waals surface area contributed by atoms with Gasteiger partial charge in [-0.05, 0) is 19.9 Å². The van der Waals surface area contributed by atoms with Crippen LogP contribution in [0.4, 0.5) is 5.69 Å². The Morgan fingerprint density at radius 3 is 3.07 bits per heavy atom. The van der Waals surface area contributed by atoms with Crippen molar-refractivity contribution in [2.24, 2.45) is 4.99 Å². The first-order valence-electron chi connectivity index (χ1n) is 4.64. The molecule has 0 fully saturated rings. The van der Waals surface area contributed by atoms with E-state index in [1.54, 1.807) is 19.3 Å². The Morgan fingerprint density at radius 2 is 2.47 bits per heavy atom. The Bertz CT molecular complexity index is 466. The van der Waals surface area contributed by atoms with E-state index in [9.17, 15) is 4.79 Å². The maximum absolute atomic E-state index is 11.3. The Hall–Kier alpha value is -2.02. The van der Waals surface area contributed by atoms with Crippen LogP contribution in [-0.2, 0) is 0 Å². The largest absolute Gasteiger partial charge is 0.345 e. The number of hydrogen-bond acceptors (Lipinski definition) is 2. The molecule has 15 heavy (non-hydrogen) atoms. The standard InChI is InChI=1S/C11H13N3O/c1-4-9-6-10(13-7-12-5-2)8(3)14-11(9)15/h1,6-7H,5H2,2-3H3,(H,12,13)(H,14,15). The molecule has 1 rings (SSSR count). The summed E-state index contributed by atoms with van der Waals surface area (Å²) in [7, 11) is 0. The molecule has 4 heteroatoms. The van der Waals surface area contributed by atoms with Crippen molar-refractivity contribution < 1.29 is 0 Å². The summed E-state index contributed by atoms with van der Waals surface area (Å²) in [6.45, 7) is 4.44. The first-order valence-corrected chi connectivity index (χ1v) is 4.64. The number of pyridine rings is 1. The van der Waals surface area contributed by atoms with E-state index in [0.29, 0.717) is 12.1 Å². The number of nitrogens with one attached hydrogen (secondary N) is 2. The molecule has 4 nitrogen and oxygen atoms in total. The lowest BCUT2D eigenvalue weighted by molar-refractivity contribution is 1.12. The molecule has 0 unspecified atom stereocenters. The van der Waals surface area contributed by atoms with E-state index in [0.717, 1.165) is 11.4 Å². The van der Waals surface area contributed by atoms with Crippen LogP contribution in [0.1, 0.15) is 18.2 Å². The van der Waals surface area contributed by atoms with Gasteiger partial charge in [-0.15, -0.1) is 6.42 Å².